The minimum absolute atomic E-state index is 0.115. The average molecular weight is 382 g/mol. The Labute approximate surface area is 158 Å². The number of likely N-dealkylation sites (tertiary alicyclic amines) is 1. The molecule has 1 aromatic rings. The second-order valence-electron chi connectivity index (χ2n) is 7.16. The summed E-state index contributed by atoms with van der Waals surface area (Å²) < 4.78 is 5.40. The number of ether oxygens (including phenoxy) is 1. The Balaban J connectivity index is 1.84. The van der Waals surface area contributed by atoms with Gasteiger partial charge < -0.3 is 9.64 Å². The van der Waals surface area contributed by atoms with Crippen molar-refractivity contribution in [3.8, 4) is 0 Å². The number of piperidine rings is 1. The predicted octanol–water partition coefficient (Wildman–Crippen LogP) is 2.17. The summed E-state index contributed by atoms with van der Waals surface area (Å²) in [5.41, 5.74) is 3.06. The van der Waals surface area contributed by atoms with Crippen molar-refractivity contribution in [3.63, 3.8) is 0 Å². The molecule has 0 saturated carbocycles. The van der Waals surface area contributed by atoms with E-state index >= 15 is 0 Å². The summed E-state index contributed by atoms with van der Waals surface area (Å²) >= 11 is 1.39. The highest BCUT2D eigenvalue weighted by Crippen LogP contribution is 2.16. The standard InChI is InChI=1S/C17H27N5O3S/c1-17(2,3)25-16(24)22-10-7-12(8-11-22)20-21(4)14(23)13-6-9-18-15(19-13)26-5/h6,9,12,20H,7-8,10-11H2,1-5H3. The molecule has 1 aromatic heterocycles. The van der Waals surface area contributed by atoms with Gasteiger partial charge in [-0.2, -0.15) is 0 Å². The highest BCUT2D eigenvalue weighted by Gasteiger charge is 2.28. The topological polar surface area (TPSA) is 87.7 Å². The third kappa shape index (κ3) is 5.84. The molecule has 0 atom stereocenters. The molecule has 2 heterocycles. The van der Waals surface area contributed by atoms with Crippen LogP contribution in [0.5, 0.6) is 0 Å². The maximum absolute atomic E-state index is 12.5. The van der Waals surface area contributed by atoms with Crippen LogP contribution in [0.1, 0.15) is 44.1 Å². The zero-order chi connectivity index (χ0) is 19.3. The van der Waals surface area contributed by atoms with Crippen LogP contribution in [0.2, 0.25) is 0 Å². The van der Waals surface area contributed by atoms with Crippen LogP contribution >= 0.6 is 11.8 Å². The highest BCUT2D eigenvalue weighted by molar-refractivity contribution is 7.98. The molecule has 0 aliphatic carbocycles. The summed E-state index contributed by atoms with van der Waals surface area (Å²) in [5, 5.41) is 2.02. The van der Waals surface area contributed by atoms with Gasteiger partial charge in [-0.25, -0.2) is 20.2 Å². The third-order valence-corrected chi connectivity index (χ3v) is 4.42. The van der Waals surface area contributed by atoms with Crippen LogP contribution in [0.4, 0.5) is 4.79 Å². The van der Waals surface area contributed by atoms with Crippen molar-refractivity contribution in [2.45, 2.75) is 50.4 Å². The normalized spacial score (nSPS) is 15.7. The summed E-state index contributed by atoms with van der Waals surface area (Å²) in [7, 11) is 1.68. The SMILES string of the molecule is CSc1nccc(C(=O)N(C)NC2CCN(C(=O)OC(C)(C)C)CC2)n1. The van der Waals surface area contributed by atoms with Crippen LogP contribution in [0.25, 0.3) is 0 Å². The molecule has 0 radical (unpaired) electrons. The average Bonchev–Trinajstić information content (AvgIpc) is 2.60. The summed E-state index contributed by atoms with van der Waals surface area (Å²) in [6.07, 6.45) is 4.65. The molecule has 8 nitrogen and oxygen atoms in total. The predicted molar refractivity (Wildman–Crippen MR) is 99.9 cm³/mol. The first-order chi connectivity index (χ1) is 12.2. The van der Waals surface area contributed by atoms with Gasteiger partial charge >= 0.3 is 6.09 Å². The lowest BCUT2D eigenvalue weighted by Crippen LogP contribution is -2.51. The van der Waals surface area contributed by atoms with Gasteiger partial charge in [-0.1, -0.05) is 11.8 Å². The number of rotatable bonds is 4. The Hall–Kier alpha value is -1.87. The molecule has 144 valence electrons. The van der Waals surface area contributed by atoms with Gasteiger partial charge in [0.2, 0.25) is 0 Å². The van der Waals surface area contributed by atoms with Gasteiger partial charge in [-0.15, -0.1) is 0 Å². The molecular weight excluding hydrogens is 354 g/mol. The molecule has 1 N–H and O–H groups in total. The number of hydrogen-bond donors (Lipinski definition) is 1. The van der Waals surface area contributed by atoms with Crippen molar-refractivity contribution in [1.29, 1.82) is 0 Å². The largest absolute Gasteiger partial charge is 0.444 e. The van der Waals surface area contributed by atoms with E-state index in [0.29, 0.717) is 23.9 Å². The van der Waals surface area contributed by atoms with Gasteiger partial charge in [0, 0.05) is 32.4 Å². The number of carbonyl (C=O) groups excluding carboxylic acids is 2. The number of hydrazine groups is 1. The van der Waals surface area contributed by atoms with E-state index in [9.17, 15) is 9.59 Å². The molecule has 9 heteroatoms. The second kappa shape index (κ2) is 8.68. The third-order valence-electron chi connectivity index (χ3n) is 3.86. The van der Waals surface area contributed by atoms with Gasteiger partial charge in [0.05, 0.1) is 0 Å². The minimum Gasteiger partial charge on any atom is -0.444 e. The van der Waals surface area contributed by atoms with E-state index in [4.69, 9.17) is 4.74 Å². The van der Waals surface area contributed by atoms with E-state index < -0.39 is 5.60 Å². The van der Waals surface area contributed by atoms with E-state index in [1.165, 1.54) is 16.8 Å². The molecule has 1 fully saturated rings. The molecular formula is C17H27N5O3S. The van der Waals surface area contributed by atoms with Crippen molar-refractivity contribution in [2.75, 3.05) is 26.4 Å². The smallest absolute Gasteiger partial charge is 0.410 e. The van der Waals surface area contributed by atoms with Crippen molar-refractivity contribution >= 4 is 23.8 Å². The molecule has 1 aliphatic heterocycles. The molecule has 0 unspecified atom stereocenters. The zero-order valence-corrected chi connectivity index (χ0v) is 16.8. The molecule has 0 bridgehead atoms. The summed E-state index contributed by atoms with van der Waals surface area (Å²) in [6, 6.07) is 1.72. The van der Waals surface area contributed by atoms with Gasteiger partial charge in [-0.3, -0.25) is 9.80 Å². The van der Waals surface area contributed by atoms with E-state index in [2.05, 4.69) is 15.4 Å². The Kier molecular flexibility index (Phi) is 6.82. The summed E-state index contributed by atoms with van der Waals surface area (Å²) in [4.78, 5) is 34.6. The van der Waals surface area contributed by atoms with Crippen LogP contribution < -0.4 is 5.43 Å². The van der Waals surface area contributed by atoms with Crippen LogP contribution in [-0.2, 0) is 4.74 Å². The van der Waals surface area contributed by atoms with E-state index in [1.807, 2.05) is 27.0 Å². The van der Waals surface area contributed by atoms with E-state index in [1.54, 1.807) is 24.2 Å². The Bertz CT molecular complexity index is 642. The van der Waals surface area contributed by atoms with Gasteiger partial charge in [0.15, 0.2) is 5.16 Å². The lowest BCUT2D eigenvalue weighted by atomic mass is 10.1. The first-order valence-corrected chi connectivity index (χ1v) is 9.81. The Morgan fingerprint density at radius 2 is 2.00 bits per heavy atom. The second-order valence-corrected chi connectivity index (χ2v) is 7.94. The first-order valence-electron chi connectivity index (χ1n) is 8.59. The molecule has 2 rings (SSSR count). The van der Waals surface area contributed by atoms with Gasteiger partial charge in [0.25, 0.3) is 5.91 Å². The van der Waals surface area contributed by atoms with Crippen LogP contribution in [0, 0.1) is 0 Å². The number of hydrogen-bond acceptors (Lipinski definition) is 7. The molecule has 0 spiro atoms. The zero-order valence-electron chi connectivity index (χ0n) is 16.0. The lowest BCUT2D eigenvalue weighted by Gasteiger charge is -2.35. The fourth-order valence-corrected chi connectivity index (χ4v) is 2.94. The monoisotopic (exact) mass is 381 g/mol. The Morgan fingerprint density at radius 1 is 1.35 bits per heavy atom. The maximum atomic E-state index is 12.5. The fraction of sp³-hybridized carbons (Fsp3) is 0.647. The summed E-state index contributed by atoms with van der Waals surface area (Å²) in [5.74, 6) is -0.211. The number of amides is 2. The number of thioether (sulfide) groups is 1. The molecule has 2 amide bonds. The molecule has 1 aliphatic rings. The van der Waals surface area contributed by atoms with Gasteiger partial charge in [0.1, 0.15) is 11.3 Å². The van der Waals surface area contributed by atoms with Crippen LogP contribution in [0.3, 0.4) is 0 Å². The van der Waals surface area contributed by atoms with Crippen molar-refractivity contribution in [3.05, 3.63) is 18.0 Å². The highest BCUT2D eigenvalue weighted by atomic mass is 32.2. The first kappa shape index (κ1) is 20.4. The van der Waals surface area contributed by atoms with Crippen molar-refractivity contribution in [1.82, 2.24) is 25.3 Å². The van der Waals surface area contributed by atoms with E-state index in [0.717, 1.165) is 12.8 Å². The van der Waals surface area contributed by atoms with Crippen molar-refractivity contribution < 1.29 is 14.3 Å². The molecule has 0 aromatic carbocycles. The molecule has 26 heavy (non-hydrogen) atoms. The Morgan fingerprint density at radius 3 is 2.58 bits per heavy atom. The number of aromatic nitrogens is 2. The van der Waals surface area contributed by atoms with Crippen LogP contribution in [-0.4, -0.2) is 69.9 Å². The quantitative estimate of drug-likeness (QED) is 0.486. The number of carbonyl (C=O) groups is 2. The maximum Gasteiger partial charge on any atom is 0.410 e. The number of nitrogens with zero attached hydrogens (tertiary/aromatic N) is 4. The van der Waals surface area contributed by atoms with E-state index in [-0.39, 0.29) is 18.0 Å². The fourth-order valence-electron chi connectivity index (χ4n) is 2.58. The van der Waals surface area contributed by atoms with Gasteiger partial charge in [-0.05, 0) is 45.9 Å². The molecule has 1 saturated heterocycles. The minimum atomic E-state index is -0.494. The van der Waals surface area contributed by atoms with Crippen molar-refractivity contribution in [2.24, 2.45) is 0 Å². The lowest BCUT2D eigenvalue weighted by molar-refractivity contribution is 0.0171. The number of nitrogens with one attached hydrogen (secondary N) is 1. The van der Waals surface area contributed by atoms with Crippen LogP contribution in [0.15, 0.2) is 17.4 Å². The summed E-state index contributed by atoms with van der Waals surface area (Å²) in [6.45, 7) is 6.76.